The average Bonchev–Trinajstić information content (AvgIpc) is 2.77. The molecule has 0 N–H and O–H groups in total. The molecular weight excluding hydrogens is 359 g/mol. The molecule has 0 aliphatic heterocycles. The van der Waals surface area contributed by atoms with E-state index in [2.05, 4.69) is 60.7 Å². The Labute approximate surface area is 168 Å². The Morgan fingerprint density at radius 3 is 1.68 bits per heavy atom. The van der Waals surface area contributed by atoms with Crippen molar-refractivity contribution >= 4 is 17.8 Å². The number of hydrogen-bond donors (Lipinski definition) is 0. The minimum absolute atomic E-state index is 0.0413. The first kappa shape index (κ1) is 16.5. The lowest BCUT2D eigenvalue weighted by molar-refractivity contribution is -0.189. The third-order valence-electron chi connectivity index (χ3n) is 9.85. The quantitative estimate of drug-likeness (QED) is 0.638. The molecule has 7 aliphatic carbocycles. The van der Waals surface area contributed by atoms with Crippen molar-refractivity contribution in [2.24, 2.45) is 41.4 Å². The van der Waals surface area contributed by atoms with Gasteiger partial charge in [-0.05, 0) is 80.0 Å². The van der Waals surface area contributed by atoms with Crippen LogP contribution in [0.25, 0.3) is 0 Å². The van der Waals surface area contributed by atoms with E-state index in [-0.39, 0.29) is 5.16 Å². The van der Waals surface area contributed by atoms with E-state index >= 15 is 4.57 Å². The van der Waals surface area contributed by atoms with Gasteiger partial charge in [0.1, 0.15) is 7.14 Å². The maximum Gasteiger partial charge on any atom is 0.149 e. The maximum atomic E-state index is 15.6. The van der Waals surface area contributed by atoms with Gasteiger partial charge in [0.15, 0.2) is 0 Å². The Morgan fingerprint density at radius 1 is 0.643 bits per heavy atom. The molecule has 0 heterocycles. The van der Waals surface area contributed by atoms with Crippen LogP contribution in [0.5, 0.6) is 0 Å². The average molecular weight is 388 g/mol. The van der Waals surface area contributed by atoms with Crippen molar-refractivity contribution in [3.63, 3.8) is 0 Å². The summed E-state index contributed by atoms with van der Waals surface area (Å²) in [4.78, 5) is 0. The predicted molar refractivity (Wildman–Crippen MR) is 115 cm³/mol. The van der Waals surface area contributed by atoms with E-state index in [9.17, 15) is 0 Å². The number of rotatable bonds is 3. The summed E-state index contributed by atoms with van der Waals surface area (Å²) >= 11 is 0. The maximum absolute atomic E-state index is 15.6. The van der Waals surface area contributed by atoms with Crippen molar-refractivity contribution < 1.29 is 4.57 Å². The lowest BCUT2D eigenvalue weighted by Crippen LogP contribution is -2.72. The predicted octanol–water partition coefficient (Wildman–Crippen LogP) is 5.46. The smallest absolute Gasteiger partial charge is 0.149 e. The highest BCUT2D eigenvalue weighted by atomic mass is 31.2. The summed E-state index contributed by atoms with van der Waals surface area (Å²) in [5.41, 5.74) is 0. The van der Waals surface area contributed by atoms with E-state index in [4.69, 9.17) is 0 Å². The van der Waals surface area contributed by atoms with Crippen molar-refractivity contribution in [3.05, 3.63) is 60.7 Å². The normalized spacial score (nSPS) is 44.9. The lowest BCUT2D eigenvalue weighted by Gasteiger charge is -2.75. The molecule has 4 atom stereocenters. The Bertz CT molecular complexity index is 899. The molecule has 4 unspecified atom stereocenters. The summed E-state index contributed by atoms with van der Waals surface area (Å²) in [5, 5.41) is 2.31. The Hall–Kier alpha value is -1.33. The van der Waals surface area contributed by atoms with Crippen LogP contribution in [0.15, 0.2) is 60.7 Å². The van der Waals surface area contributed by atoms with E-state index in [1.54, 1.807) is 0 Å². The first-order valence-electron chi connectivity index (χ1n) is 11.4. The van der Waals surface area contributed by atoms with E-state index in [0.29, 0.717) is 11.8 Å². The van der Waals surface area contributed by atoms with Gasteiger partial charge in [0.05, 0.1) is 0 Å². The molecule has 7 saturated carbocycles. The highest BCUT2D eigenvalue weighted by Gasteiger charge is 2.74. The monoisotopic (exact) mass is 388 g/mol. The first-order chi connectivity index (χ1) is 13.7. The Balaban J connectivity index is 1.52. The third kappa shape index (κ3) is 1.76. The van der Waals surface area contributed by atoms with E-state index in [1.807, 2.05) is 0 Å². The topological polar surface area (TPSA) is 17.1 Å². The van der Waals surface area contributed by atoms with Gasteiger partial charge in [0.25, 0.3) is 0 Å². The molecule has 144 valence electrons. The van der Waals surface area contributed by atoms with Gasteiger partial charge in [-0.3, -0.25) is 0 Å². The zero-order valence-corrected chi connectivity index (χ0v) is 17.3. The van der Waals surface area contributed by atoms with Crippen molar-refractivity contribution in [2.75, 3.05) is 0 Å². The molecule has 2 aromatic rings. The molecule has 9 rings (SSSR count). The van der Waals surface area contributed by atoms with Crippen molar-refractivity contribution in [1.82, 2.24) is 0 Å². The van der Waals surface area contributed by atoms with Crippen LogP contribution in [0, 0.1) is 41.4 Å². The molecule has 0 spiro atoms. The van der Waals surface area contributed by atoms with E-state index in [1.165, 1.54) is 38.5 Å². The van der Waals surface area contributed by atoms with Crippen LogP contribution in [0.1, 0.15) is 38.5 Å². The summed E-state index contributed by atoms with van der Waals surface area (Å²) in [6.45, 7) is 0. The summed E-state index contributed by atoms with van der Waals surface area (Å²) in [5.74, 6) is 5.86. The van der Waals surface area contributed by atoms with Crippen molar-refractivity contribution in [3.8, 4) is 0 Å². The van der Waals surface area contributed by atoms with Crippen LogP contribution in [-0.4, -0.2) is 5.16 Å². The van der Waals surface area contributed by atoms with Gasteiger partial charge >= 0.3 is 0 Å². The molecule has 1 nitrogen and oxygen atoms in total. The summed E-state index contributed by atoms with van der Waals surface area (Å²) < 4.78 is 15.6. The van der Waals surface area contributed by atoms with Gasteiger partial charge < -0.3 is 4.57 Å². The molecule has 0 aromatic heterocycles. The minimum Gasteiger partial charge on any atom is -0.313 e. The molecule has 8 bridgehead atoms. The molecule has 2 aromatic carbocycles. The van der Waals surface area contributed by atoms with Crippen LogP contribution in [-0.2, 0) is 4.57 Å². The summed E-state index contributed by atoms with van der Waals surface area (Å²) in [7, 11) is -2.71. The standard InChI is InChI=1S/C26H29OP/c27-28(19-7-3-1-4-8-19,20-9-5-2-6-10-20)26-16-18-12-22-21-11-17(14-24(22)26)15-25(26)23(21)13-18/h1-10,17-18,21-25H,11-16H2. The second kappa shape index (κ2) is 5.42. The van der Waals surface area contributed by atoms with Crippen LogP contribution in [0.4, 0.5) is 0 Å². The summed E-state index contributed by atoms with van der Waals surface area (Å²) in [6.07, 6.45) is 8.33. The first-order valence-corrected chi connectivity index (χ1v) is 13.1. The van der Waals surface area contributed by atoms with Gasteiger partial charge in [-0.25, -0.2) is 0 Å². The number of benzene rings is 2. The summed E-state index contributed by atoms with van der Waals surface area (Å²) in [6, 6.07) is 21.3. The largest absolute Gasteiger partial charge is 0.313 e. The Kier molecular flexibility index (Phi) is 3.19. The number of hydrogen-bond acceptors (Lipinski definition) is 1. The van der Waals surface area contributed by atoms with Gasteiger partial charge in [-0.1, -0.05) is 60.7 Å². The fraction of sp³-hybridized carbons (Fsp3) is 0.538. The van der Waals surface area contributed by atoms with E-state index < -0.39 is 7.14 Å². The fourth-order valence-corrected chi connectivity index (χ4v) is 13.9. The molecule has 0 amide bonds. The minimum atomic E-state index is -2.71. The van der Waals surface area contributed by atoms with Gasteiger partial charge in [0.2, 0.25) is 0 Å². The second-order valence-electron chi connectivity index (χ2n) is 10.6. The van der Waals surface area contributed by atoms with Crippen molar-refractivity contribution in [2.45, 2.75) is 43.7 Å². The van der Waals surface area contributed by atoms with Crippen LogP contribution >= 0.6 is 7.14 Å². The molecule has 28 heavy (non-hydrogen) atoms. The van der Waals surface area contributed by atoms with E-state index in [0.717, 1.165) is 40.2 Å². The van der Waals surface area contributed by atoms with Gasteiger partial charge in [-0.2, -0.15) is 0 Å². The van der Waals surface area contributed by atoms with Crippen LogP contribution in [0.3, 0.4) is 0 Å². The van der Waals surface area contributed by atoms with Crippen molar-refractivity contribution in [1.29, 1.82) is 0 Å². The molecular formula is C26H29OP. The van der Waals surface area contributed by atoms with Crippen LogP contribution < -0.4 is 10.6 Å². The fourth-order valence-electron chi connectivity index (χ4n) is 9.41. The third-order valence-corrected chi connectivity index (χ3v) is 13.9. The lowest BCUT2D eigenvalue weighted by atomic mass is 9.35. The zero-order valence-electron chi connectivity index (χ0n) is 16.4. The molecule has 7 fully saturated rings. The molecule has 0 radical (unpaired) electrons. The zero-order chi connectivity index (χ0) is 18.5. The SMILES string of the molecule is O=P(c1ccccc1)(c1ccccc1)C12CC3CC4C5CC(CC41)CC2C5C3. The highest BCUT2D eigenvalue weighted by molar-refractivity contribution is 7.80. The van der Waals surface area contributed by atoms with Gasteiger partial charge in [0, 0.05) is 15.8 Å². The van der Waals surface area contributed by atoms with Gasteiger partial charge in [-0.15, -0.1) is 0 Å². The second-order valence-corrected chi connectivity index (χ2v) is 13.7. The van der Waals surface area contributed by atoms with Crippen LogP contribution in [0.2, 0.25) is 0 Å². The molecule has 2 heteroatoms. The molecule has 7 aliphatic rings. The highest BCUT2D eigenvalue weighted by Crippen LogP contribution is 2.82. The molecule has 0 saturated heterocycles. The Morgan fingerprint density at radius 2 is 1.14 bits per heavy atom.